The van der Waals surface area contributed by atoms with Crippen molar-refractivity contribution in [1.82, 2.24) is 0 Å². The van der Waals surface area contributed by atoms with Gasteiger partial charge in [-0.2, -0.15) is 5.26 Å². The maximum atomic E-state index is 12.7. The van der Waals surface area contributed by atoms with Gasteiger partial charge in [-0.3, -0.25) is 4.79 Å². The quantitative estimate of drug-likeness (QED) is 0.760. The monoisotopic (exact) mass is 229 g/mol. The lowest BCUT2D eigenvalue weighted by Gasteiger charge is -2.06. The maximum Gasteiger partial charge on any atom is 0.187 e. The van der Waals surface area contributed by atoms with E-state index in [1.165, 1.54) is 42.9 Å². The van der Waals surface area contributed by atoms with Crippen molar-refractivity contribution in [2.24, 2.45) is 0 Å². The third-order valence-corrected chi connectivity index (χ3v) is 2.40. The van der Waals surface area contributed by atoms with Crippen molar-refractivity contribution in [2.45, 2.75) is 5.92 Å². The highest BCUT2D eigenvalue weighted by Crippen LogP contribution is 2.20. The molecule has 17 heavy (non-hydrogen) atoms. The molecule has 0 aliphatic carbocycles. The number of nitriles is 1. The molecule has 0 aliphatic rings. The molecule has 0 radical (unpaired) electrons. The predicted molar refractivity (Wildman–Crippen MR) is 57.8 cm³/mol. The van der Waals surface area contributed by atoms with E-state index in [1.54, 1.807) is 0 Å². The summed E-state index contributed by atoms with van der Waals surface area (Å²) in [5.74, 6) is -1.69. The van der Waals surface area contributed by atoms with Gasteiger partial charge in [0, 0.05) is 0 Å². The van der Waals surface area contributed by atoms with Crippen LogP contribution in [0.4, 0.5) is 4.39 Å². The fourth-order valence-electron chi connectivity index (χ4n) is 1.51. The molecule has 1 aromatic heterocycles. The first-order valence-electron chi connectivity index (χ1n) is 4.94. The summed E-state index contributed by atoms with van der Waals surface area (Å²) < 4.78 is 17.5. The molecule has 0 N–H and O–H groups in total. The van der Waals surface area contributed by atoms with Crippen LogP contribution >= 0.6 is 0 Å². The molecule has 4 heteroatoms. The zero-order valence-electron chi connectivity index (χ0n) is 8.76. The Kier molecular flexibility index (Phi) is 3.01. The molecule has 0 saturated carbocycles. The Balaban J connectivity index is 2.32. The van der Waals surface area contributed by atoms with Crippen LogP contribution in [0.15, 0.2) is 47.3 Å². The van der Waals surface area contributed by atoms with Crippen molar-refractivity contribution < 1.29 is 13.6 Å². The fraction of sp³-hybridized carbons (Fsp3) is 0.0769. The molecule has 84 valence electrons. The van der Waals surface area contributed by atoms with Gasteiger partial charge in [0.25, 0.3) is 0 Å². The van der Waals surface area contributed by atoms with E-state index < -0.39 is 11.7 Å². The van der Waals surface area contributed by atoms with Crippen molar-refractivity contribution in [1.29, 1.82) is 5.26 Å². The highest BCUT2D eigenvalue weighted by Gasteiger charge is 2.22. The number of carbonyl (C=O) groups excluding carboxylic acids is 1. The number of furan rings is 1. The summed E-state index contributed by atoms with van der Waals surface area (Å²) in [5.41, 5.74) is 0.806. The van der Waals surface area contributed by atoms with Gasteiger partial charge in [-0.05, 0) is 23.8 Å². The topological polar surface area (TPSA) is 54.0 Å². The summed E-state index contributed by atoms with van der Waals surface area (Å²) in [7, 11) is 0. The van der Waals surface area contributed by atoms with E-state index in [0.29, 0.717) is 11.1 Å². The second kappa shape index (κ2) is 4.62. The Morgan fingerprint density at radius 2 is 2.00 bits per heavy atom. The molecule has 1 atom stereocenters. The van der Waals surface area contributed by atoms with Gasteiger partial charge in [0.05, 0.1) is 17.9 Å². The van der Waals surface area contributed by atoms with Crippen LogP contribution in [-0.2, 0) is 0 Å². The second-order valence-electron chi connectivity index (χ2n) is 3.49. The molecule has 2 rings (SSSR count). The summed E-state index contributed by atoms with van der Waals surface area (Å²) in [6.07, 6.45) is 2.66. The third kappa shape index (κ3) is 2.23. The van der Waals surface area contributed by atoms with E-state index in [-0.39, 0.29) is 5.78 Å². The van der Waals surface area contributed by atoms with Crippen molar-refractivity contribution in [3.8, 4) is 6.07 Å². The molecule has 0 spiro atoms. The Morgan fingerprint density at radius 1 is 1.29 bits per heavy atom. The van der Waals surface area contributed by atoms with Crippen LogP contribution in [0.5, 0.6) is 0 Å². The zero-order chi connectivity index (χ0) is 12.3. The number of hydrogen-bond donors (Lipinski definition) is 0. The van der Waals surface area contributed by atoms with Crippen LogP contribution in [0.2, 0.25) is 0 Å². The summed E-state index contributed by atoms with van der Waals surface area (Å²) in [6.45, 7) is 0. The SMILES string of the molecule is N#CC(C(=O)c1ccoc1)c1ccc(F)cc1. The number of ketones is 1. The highest BCUT2D eigenvalue weighted by atomic mass is 19.1. The minimum atomic E-state index is -0.937. The number of rotatable bonds is 3. The van der Waals surface area contributed by atoms with E-state index in [4.69, 9.17) is 9.68 Å². The van der Waals surface area contributed by atoms with Crippen molar-refractivity contribution in [3.05, 3.63) is 59.8 Å². The lowest BCUT2D eigenvalue weighted by atomic mass is 9.93. The fourth-order valence-corrected chi connectivity index (χ4v) is 1.51. The lowest BCUT2D eigenvalue weighted by molar-refractivity contribution is 0.0978. The van der Waals surface area contributed by atoms with Gasteiger partial charge in [0.1, 0.15) is 18.0 Å². The Morgan fingerprint density at radius 3 is 2.53 bits per heavy atom. The summed E-state index contributed by atoms with van der Waals surface area (Å²) in [4.78, 5) is 11.9. The van der Waals surface area contributed by atoms with Gasteiger partial charge in [0.2, 0.25) is 0 Å². The average molecular weight is 229 g/mol. The third-order valence-electron chi connectivity index (χ3n) is 2.40. The summed E-state index contributed by atoms with van der Waals surface area (Å²) in [5, 5.41) is 9.02. The van der Waals surface area contributed by atoms with E-state index in [9.17, 15) is 9.18 Å². The summed E-state index contributed by atoms with van der Waals surface area (Å²) >= 11 is 0. The van der Waals surface area contributed by atoms with E-state index in [2.05, 4.69) is 0 Å². The van der Waals surface area contributed by atoms with Crippen molar-refractivity contribution in [3.63, 3.8) is 0 Å². The molecule has 1 aromatic carbocycles. The standard InChI is InChI=1S/C13H8FNO2/c14-11-3-1-9(2-4-11)12(7-15)13(16)10-5-6-17-8-10/h1-6,8,12H. The number of carbonyl (C=O) groups is 1. The van der Waals surface area contributed by atoms with Gasteiger partial charge in [-0.1, -0.05) is 12.1 Å². The minimum Gasteiger partial charge on any atom is -0.472 e. The van der Waals surface area contributed by atoms with Crippen molar-refractivity contribution in [2.75, 3.05) is 0 Å². The first kappa shape index (κ1) is 11.1. The smallest absolute Gasteiger partial charge is 0.187 e. The lowest BCUT2D eigenvalue weighted by Crippen LogP contribution is -2.10. The molecule has 0 aliphatic heterocycles. The Labute approximate surface area is 97.1 Å². The second-order valence-corrected chi connectivity index (χ2v) is 3.49. The molecule has 0 amide bonds. The average Bonchev–Trinajstić information content (AvgIpc) is 2.86. The van der Waals surface area contributed by atoms with E-state index in [1.807, 2.05) is 6.07 Å². The molecule has 1 heterocycles. The Bertz CT molecular complexity index is 552. The predicted octanol–water partition coefficient (Wildman–Crippen LogP) is 2.91. The van der Waals surface area contributed by atoms with Crippen LogP contribution in [0.3, 0.4) is 0 Å². The van der Waals surface area contributed by atoms with Gasteiger partial charge >= 0.3 is 0 Å². The molecule has 2 aromatic rings. The number of nitrogens with zero attached hydrogens (tertiary/aromatic N) is 1. The van der Waals surface area contributed by atoms with Gasteiger partial charge in [-0.15, -0.1) is 0 Å². The first-order chi connectivity index (χ1) is 8.22. The highest BCUT2D eigenvalue weighted by molar-refractivity contribution is 6.02. The van der Waals surface area contributed by atoms with E-state index in [0.717, 1.165) is 0 Å². The van der Waals surface area contributed by atoms with Gasteiger partial charge in [0.15, 0.2) is 5.78 Å². The van der Waals surface area contributed by atoms with Crippen LogP contribution in [0.1, 0.15) is 21.8 Å². The number of benzene rings is 1. The molecular weight excluding hydrogens is 221 g/mol. The molecular formula is C13H8FNO2. The normalized spacial score (nSPS) is 11.8. The molecule has 0 saturated heterocycles. The summed E-state index contributed by atoms with van der Waals surface area (Å²) in [6, 6.07) is 8.72. The molecule has 1 unspecified atom stereocenters. The maximum absolute atomic E-state index is 12.7. The largest absolute Gasteiger partial charge is 0.472 e. The number of hydrogen-bond acceptors (Lipinski definition) is 3. The minimum absolute atomic E-state index is 0.334. The molecule has 3 nitrogen and oxygen atoms in total. The van der Waals surface area contributed by atoms with Crippen LogP contribution in [0, 0.1) is 17.1 Å². The molecule has 0 bridgehead atoms. The number of halogens is 1. The Hall–Kier alpha value is -2.41. The number of Topliss-reactive ketones (excluding diaryl/α,β-unsaturated/α-hetero) is 1. The van der Waals surface area contributed by atoms with Crippen LogP contribution < -0.4 is 0 Å². The zero-order valence-corrected chi connectivity index (χ0v) is 8.76. The van der Waals surface area contributed by atoms with Gasteiger partial charge in [-0.25, -0.2) is 4.39 Å². The van der Waals surface area contributed by atoms with E-state index >= 15 is 0 Å². The van der Waals surface area contributed by atoms with Crippen molar-refractivity contribution >= 4 is 5.78 Å². The van der Waals surface area contributed by atoms with Crippen LogP contribution in [0.25, 0.3) is 0 Å². The molecule has 0 fully saturated rings. The first-order valence-corrected chi connectivity index (χ1v) is 4.94. The van der Waals surface area contributed by atoms with Crippen LogP contribution in [-0.4, -0.2) is 5.78 Å². The van der Waals surface area contributed by atoms with Gasteiger partial charge < -0.3 is 4.42 Å².